The van der Waals surface area contributed by atoms with E-state index in [2.05, 4.69) is 26.6 Å². The van der Waals surface area contributed by atoms with Gasteiger partial charge in [0.05, 0.1) is 18.0 Å². The van der Waals surface area contributed by atoms with Crippen molar-refractivity contribution in [1.82, 2.24) is 0 Å². The van der Waals surface area contributed by atoms with Crippen LogP contribution in [0.2, 0.25) is 0 Å². The van der Waals surface area contributed by atoms with Gasteiger partial charge in [0.25, 0.3) is 0 Å². The first kappa shape index (κ1) is 28.7. The van der Waals surface area contributed by atoms with Gasteiger partial charge in [-0.15, -0.1) is 0 Å². The van der Waals surface area contributed by atoms with Gasteiger partial charge in [0.1, 0.15) is 18.5 Å². The van der Waals surface area contributed by atoms with Gasteiger partial charge in [0.15, 0.2) is 0 Å². The lowest BCUT2D eigenvalue weighted by Gasteiger charge is -2.25. The molecule has 38 heavy (non-hydrogen) atoms. The van der Waals surface area contributed by atoms with E-state index in [0.29, 0.717) is 35.7 Å². The molecule has 0 aliphatic rings. The molecular weight excluding hydrogens is 550 g/mol. The lowest BCUT2D eigenvalue weighted by atomic mass is 9.93. The zero-order chi connectivity index (χ0) is 27.3. The van der Waals surface area contributed by atoms with E-state index < -0.39 is 12.2 Å². The summed E-state index contributed by atoms with van der Waals surface area (Å²) in [6.45, 7) is 2.11. The lowest BCUT2D eigenvalue weighted by molar-refractivity contribution is -0.111. The number of allylic oxidation sites excluding steroid dienone is 1. The Labute approximate surface area is 231 Å². The summed E-state index contributed by atoms with van der Waals surface area (Å²) in [6, 6.07) is 21.5. The van der Waals surface area contributed by atoms with Gasteiger partial charge in [0.2, 0.25) is 5.91 Å². The normalized spacial score (nSPS) is 12.5. The van der Waals surface area contributed by atoms with Crippen molar-refractivity contribution in [3.63, 3.8) is 0 Å². The maximum absolute atomic E-state index is 12.7. The molecule has 3 aromatic carbocycles. The van der Waals surface area contributed by atoms with E-state index in [-0.39, 0.29) is 25.0 Å². The minimum atomic E-state index is -0.569. The number of aliphatic hydroxyl groups is 1. The van der Waals surface area contributed by atoms with Crippen molar-refractivity contribution in [2.45, 2.75) is 25.9 Å². The highest BCUT2D eigenvalue weighted by molar-refractivity contribution is 9.10. The molecule has 0 aliphatic carbocycles. The molecule has 0 spiro atoms. The van der Waals surface area contributed by atoms with E-state index in [4.69, 9.17) is 20.3 Å². The van der Waals surface area contributed by atoms with Crippen molar-refractivity contribution in [3.05, 3.63) is 95.0 Å². The third kappa shape index (κ3) is 9.24. The smallest absolute Gasteiger partial charge is 0.412 e. The number of hydrogen-bond acceptors (Lipinski definition) is 6. The first-order valence-corrected chi connectivity index (χ1v) is 13.0. The zero-order valence-corrected chi connectivity index (χ0v) is 22.7. The molecule has 0 bridgehead atoms. The van der Waals surface area contributed by atoms with Crippen LogP contribution in [0.5, 0.6) is 5.75 Å². The number of benzene rings is 3. The van der Waals surface area contributed by atoms with E-state index in [1.54, 1.807) is 54.6 Å². The Morgan fingerprint density at radius 1 is 1.03 bits per heavy atom. The number of nitrogen functional groups attached to an aromatic ring is 1. The molecule has 0 aliphatic heterocycles. The van der Waals surface area contributed by atoms with Crippen LogP contribution in [-0.2, 0) is 9.53 Å². The fourth-order valence-corrected chi connectivity index (χ4v) is 3.98. The number of nitrogens with two attached hydrogens (primary N) is 1. The summed E-state index contributed by atoms with van der Waals surface area (Å²) in [4.78, 5) is 25.0. The summed E-state index contributed by atoms with van der Waals surface area (Å²) in [5.74, 6) is 0.282. The molecule has 8 nitrogen and oxygen atoms in total. The second kappa shape index (κ2) is 14.8. The molecule has 2 amide bonds. The second-order valence-corrected chi connectivity index (χ2v) is 9.55. The minimum absolute atomic E-state index is 0.0626. The van der Waals surface area contributed by atoms with Crippen molar-refractivity contribution >= 4 is 45.0 Å². The molecular formula is C29H32BrN3O5. The van der Waals surface area contributed by atoms with E-state index in [0.717, 1.165) is 10.0 Å². The zero-order valence-electron chi connectivity index (χ0n) is 21.1. The molecule has 9 heteroatoms. The first-order valence-electron chi connectivity index (χ1n) is 12.2. The highest BCUT2D eigenvalue weighted by atomic mass is 79.9. The van der Waals surface area contributed by atoms with Crippen LogP contribution in [0.3, 0.4) is 0 Å². The molecule has 2 atom stereocenters. The van der Waals surface area contributed by atoms with Crippen LogP contribution in [0.15, 0.2) is 89.4 Å². The standard InChI is InChI=1S/C29H32BrN3O5/c1-20(6-2-5-9-27(35)33-26-8-4-3-7-25(26)31)28(21-10-16-24(17-11-21)37-19-18-34)38-29(36)32-23-14-12-22(30)13-15-23/h3-5,7-17,20,28,34H,2,6,18-19,31H2,1H3,(H,32,36)(H,33,35)/b9-5+/t20-,28+/m1/s1. The number of carbonyl (C=O) groups excluding carboxylic acids is 2. The first-order chi connectivity index (χ1) is 18.4. The van der Waals surface area contributed by atoms with Crippen LogP contribution in [-0.4, -0.2) is 30.3 Å². The number of nitrogens with one attached hydrogen (secondary N) is 2. The number of hydrogen-bond donors (Lipinski definition) is 4. The van der Waals surface area contributed by atoms with E-state index in [1.807, 2.05) is 31.2 Å². The van der Waals surface area contributed by atoms with Crippen LogP contribution in [0.25, 0.3) is 0 Å². The van der Waals surface area contributed by atoms with Gasteiger partial charge < -0.3 is 25.6 Å². The van der Waals surface area contributed by atoms with Gasteiger partial charge in [-0.3, -0.25) is 10.1 Å². The van der Waals surface area contributed by atoms with Crippen LogP contribution in [0, 0.1) is 5.92 Å². The fraction of sp³-hybridized carbons (Fsp3) is 0.241. The summed E-state index contributed by atoms with van der Waals surface area (Å²) in [5, 5.41) is 14.5. The van der Waals surface area contributed by atoms with Gasteiger partial charge in [-0.2, -0.15) is 0 Å². The monoisotopic (exact) mass is 581 g/mol. The molecule has 5 N–H and O–H groups in total. The largest absolute Gasteiger partial charge is 0.491 e. The number of rotatable bonds is 12. The van der Waals surface area contributed by atoms with Gasteiger partial charge in [-0.25, -0.2) is 4.79 Å². The topological polar surface area (TPSA) is 123 Å². The van der Waals surface area contributed by atoms with Gasteiger partial charge in [-0.1, -0.05) is 53.2 Å². The van der Waals surface area contributed by atoms with Gasteiger partial charge >= 0.3 is 6.09 Å². The summed E-state index contributed by atoms with van der Waals surface area (Å²) in [7, 11) is 0. The number of ether oxygens (including phenoxy) is 2. The third-order valence-corrected chi connectivity index (χ3v) is 6.22. The van der Waals surface area contributed by atoms with E-state index >= 15 is 0 Å². The lowest BCUT2D eigenvalue weighted by Crippen LogP contribution is -2.22. The Bertz CT molecular complexity index is 1220. The van der Waals surface area contributed by atoms with Crippen molar-refractivity contribution in [2.75, 3.05) is 29.6 Å². The van der Waals surface area contributed by atoms with Crippen molar-refractivity contribution in [2.24, 2.45) is 5.92 Å². The summed E-state index contributed by atoms with van der Waals surface area (Å²) >= 11 is 3.38. The van der Waals surface area contributed by atoms with Crippen molar-refractivity contribution in [3.8, 4) is 5.75 Å². The molecule has 3 rings (SSSR count). The van der Waals surface area contributed by atoms with Crippen LogP contribution < -0.4 is 21.1 Å². The molecule has 0 saturated carbocycles. The molecule has 0 radical (unpaired) electrons. The molecule has 200 valence electrons. The van der Waals surface area contributed by atoms with Crippen LogP contribution in [0.4, 0.5) is 21.9 Å². The molecule has 0 aromatic heterocycles. The second-order valence-electron chi connectivity index (χ2n) is 8.63. The average molecular weight is 582 g/mol. The maximum atomic E-state index is 12.7. The highest BCUT2D eigenvalue weighted by Gasteiger charge is 2.23. The number of anilines is 3. The molecule has 0 saturated heterocycles. The van der Waals surface area contributed by atoms with Crippen molar-refractivity contribution < 1.29 is 24.2 Å². The SMILES string of the molecule is C[C@H](CC/C=C/C(=O)Nc1ccccc1N)[C@H](OC(=O)Nc1ccc(Br)cc1)c1ccc(OCCO)cc1. The van der Waals surface area contributed by atoms with Crippen molar-refractivity contribution in [1.29, 1.82) is 0 Å². The number of amides is 2. The Hall–Kier alpha value is -3.82. The highest BCUT2D eigenvalue weighted by Crippen LogP contribution is 2.31. The molecule has 0 unspecified atom stereocenters. The van der Waals surface area contributed by atoms with E-state index in [9.17, 15) is 9.59 Å². The Morgan fingerprint density at radius 3 is 2.42 bits per heavy atom. The number of halogens is 1. The Kier molecular flexibility index (Phi) is 11.2. The fourth-order valence-electron chi connectivity index (χ4n) is 3.71. The van der Waals surface area contributed by atoms with Crippen LogP contribution in [0.1, 0.15) is 31.4 Å². The Balaban J connectivity index is 1.63. The number of para-hydroxylation sites is 2. The number of carbonyl (C=O) groups is 2. The maximum Gasteiger partial charge on any atom is 0.412 e. The summed E-state index contributed by atoms with van der Waals surface area (Å²) in [5.41, 5.74) is 8.36. The third-order valence-electron chi connectivity index (χ3n) is 5.69. The van der Waals surface area contributed by atoms with Crippen LogP contribution >= 0.6 is 15.9 Å². The summed E-state index contributed by atoms with van der Waals surface area (Å²) < 4.78 is 12.2. The predicted octanol–water partition coefficient (Wildman–Crippen LogP) is 6.30. The molecule has 3 aromatic rings. The Morgan fingerprint density at radius 2 is 1.74 bits per heavy atom. The van der Waals surface area contributed by atoms with E-state index in [1.165, 1.54) is 6.08 Å². The predicted molar refractivity (Wildman–Crippen MR) is 153 cm³/mol. The molecule has 0 heterocycles. The minimum Gasteiger partial charge on any atom is -0.491 e. The number of aliphatic hydroxyl groups excluding tert-OH is 1. The average Bonchev–Trinajstić information content (AvgIpc) is 2.91. The molecule has 0 fully saturated rings. The quantitative estimate of drug-likeness (QED) is 0.147. The summed E-state index contributed by atoms with van der Waals surface area (Å²) in [6.07, 6.45) is 3.42. The van der Waals surface area contributed by atoms with Gasteiger partial charge in [0, 0.05) is 10.2 Å². The van der Waals surface area contributed by atoms with Gasteiger partial charge in [-0.05, 0) is 78.9 Å².